The first-order valence-corrected chi connectivity index (χ1v) is 7.60. The summed E-state index contributed by atoms with van der Waals surface area (Å²) in [5.74, 6) is -1.45. The number of pyridine rings is 1. The molecule has 3 rings (SSSR count). The van der Waals surface area contributed by atoms with Gasteiger partial charge in [-0.1, -0.05) is 12.1 Å². The average molecular weight is 354 g/mol. The fourth-order valence-electron chi connectivity index (χ4n) is 2.32. The Labute approximate surface area is 147 Å². The van der Waals surface area contributed by atoms with Crippen LogP contribution < -0.4 is 5.32 Å². The lowest BCUT2D eigenvalue weighted by atomic mass is 10.2. The maximum absolute atomic E-state index is 12.0. The number of esters is 1. The van der Waals surface area contributed by atoms with Gasteiger partial charge in [0.2, 0.25) is 0 Å². The van der Waals surface area contributed by atoms with Crippen LogP contribution in [-0.2, 0) is 9.53 Å². The minimum absolute atomic E-state index is 0.0365. The van der Waals surface area contributed by atoms with Crippen molar-refractivity contribution in [1.82, 2.24) is 9.38 Å². The van der Waals surface area contributed by atoms with Crippen molar-refractivity contribution in [2.24, 2.45) is 0 Å². The summed E-state index contributed by atoms with van der Waals surface area (Å²) >= 11 is 0. The number of carbonyl (C=O) groups excluding carboxylic acids is 2. The Bertz CT molecular complexity index is 978. The number of aryl methyl sites for hydroxylation is 1. The van der Waals surface area contributed by atoms with Crippen LogP contribution in [0.15, 0.2) is 48.8 Å². The monoisotopic (exact) mass is 354 g/mol. The van der Waals surface area contributed by atoms with Crippen molar-refractivity contribution < 1.29 is 19.2 Å². The number of nitro groups is 1. The highest BCUT2D eigenvalue weighted by molar-refractivity contribution is 5.96. The van der Waals surface area contributed by atoms with Crippen LogP contribution >= 0.6 is 0 Å². The molecule has 0 aliphatic rings. The Morgan fingerprint density at radius 3 is 2.85 bits per heavy atom. The van der Waals surface area contributed by atoms with Gasteiger partial charge in [0.25, 0.3) is 11.6 Å². The lowest BCUT2D eigenvalue weighted by Crippen LogP contribution is -2.21. The molecule has 0 fully saturated rings. The fourth-order valence-corrected chi connectivity index (χ4v) is 2.32. The first-order chi connectivity index (χ1) is 12.4. The second kappa shape index (κ2) is 7.01. The standard InChI is InChI=1S/C17H14N4O5/c1-11-5-6-12(14(8-11)21(24)25)19-16(22)10-26-17(23)13-9-20-7-3-2-4-15(20)18-13/h2-9H,10H2,1H3,(H,19,22). The van der Waals surface area contributed by atoms with E-state index in [9.17, 15) is 19.7 Å². The number of benzene rings is 1. The van der Waals surface area contributed by atoms with Crippen molar-refractivity contribution in [2.75, 3.05) is 11.9 Å². The molecular formula is C17H14N4O5. The maximum Gasteiger partial charge on any atom is 0.359 e. The number of aromatic nitrogens is 2. The zero-order valence-electron chi connectivity index (χ0n) is 13.7. The first-order valence-electron chi connectivity index (χ1n) is 7.60. The second-order valence-electron chi connectivity index (χ2n) is 5.49. The van der Waals surface area contributed by atoms with Crippen LogP contribution in [0.5, 0.6) is 0 Å². The highest BCUT2D eigenvalue weighted by Crippen LogP contribution is 2.25. The molecule has 0 atom stereocenters. The van der Waals surface area contributed by atoms with E-state index in [2.05, 4.69) is 10.3 Å². The summed E-state index contributed by atoms with van der Waals surface area (Å²) < 4.78 is 6.56. The van der Waals surface area contributed by atoms with Gasteiger partial charge in [-0.2, -0.15) is 0 Å². The molecule has 0 saturated carbocycles. The van der Waals surface area contributed by atoms with Crippen LogP contribution in [0, 0.1) is 17.0 Å². The third-order valence-corrected chi connectivity index (χ3v) is 3.53. The van der Waals surface area contributed by atoms with Crippen molar-refractivity contribution in [3.63, 3.8) is 0 Å². The topological polar surface area (TPSA) is 116 Å². The lowest BCUT2D eigenvalue weighted by molar-refractivity contribution is -0.384. The number of amides is 1. The molecule has 3 aromatic rings. The first kappa shape index (κ1) is 17.1. The van der Waals surface area contributed by atoms with Crippen LogP contribution in [0.1, 0.15) is 16.1 Å². The van der Waals surface area contributed by atoms with E-state index in [1.807, 2.05) is 0 Å². The number of nitrogens with zero attached hydrogens (tertiary/aromatic N) is 3. The van der Waals surface area contributed by atoms with Gasteiger partial charge in [0.15, 0.2) is 12.3 Å². The zero-order valence-corrected chi connectivity index (χ0v) is 13.7. The van der Waals surface area contributed by atoms with Crippen LogP contribution in [-0.4, -0.2) is 32.8 Å². The molecule has 1 aromatic carbocycles. The molecule has 0 spiro atoms. The van der Waals surface area contributed by atoms with E-state index in [4.69, 9.17) is 4.74 Å². The van der Waals surface area contributed by atoms with Gasteiger partial charge in [0, 0.05) is 18.5 Å². The number of nitrogens with one attached hydrogen (secondary N) is 1. The molecule has 2 aromatic heterocycles. The van der Waals surface area contributed by atoms with Crippen LogP contribution in [0.4, 0.5) is 11.4 Å². The van der Waals surface area contributed by atoms with Crippen molar-refractivity contribution in [3.8, 4) is 0 Å². The normalized spacial score (nSPS) is 10.5. The second-order valence-corrected chi connectivity index (χ2v) is 5.49. The summed E-state index contributed by atoms with van der Waals surface area (Å²) in [5, 5.41) is 13.4. The van der Waals surface area contributed by atoms with E-state index < -0.39 is 23.4 Å². The van der Waals surface area contributed by atoms with E-state index in [0.29, 0.717) is 11.2 Å². The lowest BCUT2D eigenvalue weighted by Gasteiger charge is -2.07. The molecular weight excluding hydrogens is 340 g/mol. The Kier molecular flexibility index (Phi) is 4.61. The van der Waals surface area contributed by atoms with Gasteiger partial charge < -0.3 is 14.5 Å². The third-order valence-electron chi connectivity index (χ3n) is 3.53. The summed E-state index contributed by atoms with van der Waals surface area (Å²) in [5.41, 5.74) is 1.12. The average Bonchev–Trinajstić information content (AvgIpc) is 3.05. The van der Waals surface area contributed by atoms with Gasteiger partial charge in [-0.05, 0) is 30.7 Å². The quantitative estimate of drug-likeness (QED) is 0.427. The molecule has 1 amide bonds. The number of ether oxygens (including phenoxy) is 1. The zero-order chi connectivity index (χ0) is 18.7. The number of anilines is 1. The van der Waals surface area contributed by atoms with Crippen molar-refractivity contribution in [2.45, 2.75) is 6.92 Å². The molecule has 2 heterocycles. The number of fused-ring (bicyclic) bond motifs is 1. The van der Waals surface area contributed by atoms with E-state index in [-0.39, 0.29) is 17.1 Å². The molecule has 0 saturated heterocycles. The molecule has 132 valence electrons. The summed E-state index contributed by atoms with van der Waals surface area (Å²) in [4.78, 5) is 38.5. The molecule has 0 unspecified atom stereocenters. The Morgan fingerprint density at radius 2 is 2.12 bits per heavy atom. The maximum atomic E-state index is 12.0. The van der Waals surface area contributed by atoms with Gasteiger partial charge in [-0.15, -0.1) is 0 Å². The molecule has 0 aliphatic heterocycles. The number of hydrogen-bond donors (Lipinski definition) is 1. The summed E-state index contributed by atoms with van der Waals surface area (Å²) in [6.07, 6.45) is 3.21. The Balaban J connectivity index is 1.64. The van der Waals surface area contributed by atoms with Crippen molar-refractivity contribution in [1.29, 1.82) is 0 Å². The number of rotatable bonds is 5. The van der Waals surface area contributed by atoms with E-state index in [1.54, 1.807) is 41.8 Å². The minimum atomic E-state index is -0.762. The SMILES string of the molecule is Cc1ccc(NC(=O)COC(=O)c2cn3ccccc3n2)c([N+](=O)[O-])c1. The van der Waals surface area contributed by atoms with E-state index in [0.717, 1.165) is 0 Å². The highest BCUT2D eigenvalue weighted by atomic mass is 16.6. The van der Waals surface area contributed by atoms with E-state index in [1.165, 1.54) is 18.3 Å². The Hall–Kier alpha value is -3.75. The van der Waals surface area contributed by atoms with Gasteiger partial charge in [0.1, 0.15) is 11.3 Å². The summed E-state index contributed by atoms with van der Waals surface area (Å²) in [6, 6.07) is 9.68. The van der Waals surface area contributed by atoms with Crippen molar-refractivity contribution >= 4 is 28.9 Å². The molecule has 26 heavy (non-hydrogen) atoms. The molecule has 0 aliphatic carbocycles. The Morgan fingerprint density at radius 1 is 1.31 bits per heavy atom. The number of imidazole rings is 1. The number of nitro benzene ring substituents is 1. The summed E-state index contributed by atoms with van der Waals surface area (Å²) in [6.45, 7) is 1.12. The van der Waals surface area contributed by atoms with Gasteiger partial charge in [-0.25, -0.2) is 9.78 Å². The number of hydrogen-bond acceptors (Lipinski definition) is 6. The third kappa shape index (κ3) is 3.66. The fraction of sp³-hybridized carbons (Fsp3) is 0.118. The molecule has 9 nitrogen and oxygen atoms in total. The van der Waals surface area contributed by atoms with Crippen molar-refractivity contribution in [3.05, 3.63) is 70.2 Å². The predicted octanol–water partition coefficient (Wildman–Crippen LogP) is 2.35. The predicted molar refractivity (Wildman–Crippen MR) is 91.9 cm³/mol. The van der Waals surface area contributed by atoms with Crippen LogP contribution in [0.2, 0.25) is 0 Å². The number of carbonyl (C=O) groups is 2. The molecule has 0 bridgehead atoms. The van der Waals surface area contributed by atoms with Crippen LogP contribution in [0.25, 0.3) is 5.65 Å². The van der Waals surface area contributed by atoms with Gasteiger partial charge in [0.05, 0.1) is 4.92 Å². The smallest absolute Gasteiger partial charge is 0.359 e. The minimum Gasteiger partial charge on any atom is -0.451 e. The highest BCUT2D eigenvalue weighted by Gasteiger charge is 2.18. The van der Waals surface area contributed by atoms with Gasteiger partial charge >= 0.3 is 5.97 Å². The molecule has 9 heteroatoms. The molecule has 1 N–H and O–H groups in total. The summed E-state index contributed by atoms with van der Waals surface area (Å²) in [7, 11) is 0. The molecule has 0 radical (unpaired) electrons. The van der Waals surface area contributed by atoms with Gasteiger partial charge in [-0.3, -0.25) is 14.9 Å². The largest absolute Gasteiger partial charge is 0.451 e. The van der Waals surface area contributed by atoms with E-state index >= 15 is 0 Å². The van der Waals surface area contributed by atoms with Crippen LogP contribution in [0.3, 0.4) is 0 Å².